The van der Waals surface area contributed by atoms with Gasteiger partial charge in [0.1, 0.15) is 0 Å². The Morgan fingerprint density at radius 3 is 2.76 bits per heavy atom. The van der Waals surface area contributed by atoms with Crippen molar-refractivity contribution in [3.63, 3.8) is 0 Å². The summed E-state index contributed by atoms with van der Waals surface area (Å²) in [7, 11) is 0. The van der Waals surface area contributed by atoms with E-state index in [9.17, 15) is 0 Å². The molecule has 2 N–H and O–H groups in total. The summed E-state index contributed by atoms with van der Waals surface area (Å²) < 4.78 is 5.60. The van der Waals surface area contributed by atoms with E-state index in [0.29, 0.717) is 5.88 Å². The van der Waals surface area contributed by atoms with Crippen molar-refractivity contribution in [3.8, 4) is 5.88 Å². The van der Waals surface area contributed by atoms with Gasteiger partial charge in [0, 0.05) is 18.8 Å². The number of hydrogen-bond donors (Lipinski definition) is 1. The summed E-state index contributed by atoms with van der Waals surface area (Å²) in [5, 5.41) is 0. The molecule has 21 heavy (non-hydrogen) atoms. The van der Waals surface area contributed by atoms with Gasteiger partial charge < -0.3 is 15.4 Å². The van der Waals surface area contributed by atoms with E-state index in [1.165, 1.54) is 0 Å². The first kappa shape index (κ1) is 15.1. The van der Waals surface area contributed by atoms with Crippen LogP contribution in [0.5, 0.6) is 5.88 Å². The topological polar surface area (TPSA) is 64.3 Å². The number of benzene rings is 1. The highest BCUT2D eigenvalue weighted by molar-refractivity contribution is 5.44. The molecule has 0 amide bonds. The monoisotopic (exact) mass is 286 g/mol. The van der Waals surface area contributed by atoms with Crippen molar-refractivity contribution in [3.05, 3.63) is 42.2 Å². The number of rotatable bonds is 6. The van der Waals surface area contributed by atoms with Crippen molar-refractivity contribution in [2.75, 3.05) is 17.2 Å². The first-order valence-corrected chi connectivity index (χ1v) is 7.16. The number of hydrogen-bond acceptors (Lipinski definition) is 5. The van der Waals surface area contributed by atoms with E-state index in [0.717, 1.165) is 30.2 Å². The molecule has 112 valence electrons. The Kier molecular flexibility index (Phi) is 4.98. The van der Waals surface area contributed by atoms with E-state index in [1.54, 1.807) is 12.4 Å². The van der Waals surface area contributed by atoms with Gasteiger partial charge in [0.25, 0.3) is 0 Å². The van der Waals surface area contributed by atoms with E-state index >= 15 is 0 Å². The Balaban J connectivity index is 2.17. The Morgan fingerprint density at radius 1 is 1.29 bits per heavy atom. The number of aromatic nitrogens is 2. The SMILES string of the molecule is CCN(Cc1cccc(N)c1)c1cncc(OC(C)C)n1. The van der Waals surface area contributed by atoms with Crippen molar-refractivity contribution >= 4 is 11.5 Å². The molecule has 0 radical (unpaired) electrons. The number of anilines is 2. The van der Waals surface area contributed by atoms with Crippen molar-refractivity contribution in [1.82, 2.24) is 9.97 Å². The molecule has 2 rings (SSSR count). The second kappa shape index (κ2) is 6.92. The van der Waals surface area contributed by atoms with Gasteiger partial charge >= 0.3 is 0 Å². The molecule has 0 saturated carbocycles. The van der Waals surface area contributed by atoms with Crippen molar-refractivity contribution in [1.29, 1.82) is 0 Å². The quantitative estimate of drug-likeness (QED) is 0.827. The van der Waals surface area contributed by atoms with Crippen LogP contribution in [-0.2, 0) is 6.54 Å². The van der Waals surface area contributed by atoms with Gasteiger partial charge in [-0.1, -0.05) is 12.1 Å². The molecule has 2 aromatic rings. The van der Waals surface area contributed by atoms with Gasteiger partial charge in [0.2, 0.25) is 5.88 Å². The summed E-state index contributed by atoms with van der Waals surface area (Å²) in [5.41, 5.74) is 7.74. The molecule has 0 fully saturated rings. The van der Waals surface area contributed by atoms with Crippen LogP contribution in [0.4, 0.5) is 11.5 Å². The fourth-order valence-electron chi connectivity index (χ4n) is 2.06. The maximum absolute atomic E-state index is 5.83. The van der Waals surface area contributed by atoms with E-state index in [1.807, 2.05) is 32.0 Å². The zero-order valence-electron chi connectivity index (χ0n) is 12.8. The van der Waals surface area contributed by atoms with E-state index in [-0.39, 0.29) is 6.10 Å². The van der Waals surface area contributed by atoms with E-state index in [2.05, 4.69) is 27.9 Å². The van der Waals surface area contributed by atoms with Crippen LogP contribution in [-0.4, -0.2) is 22.6 Å². The standard InChI is InChI=1S/C16H22N4O/c1-4-20(11-13-6-5-7-14(17)8-13)15-9-18-10-16(19-15)21-12(2)3/h5-10,12H,4,11,17H2,1-3H3. The molecule has 0 atom stereocenters. The van der Waals surface area contributed by atoms with Crippen LogP contribution in [0.2, 0.25) is 0 Å². The Bertz CT molecular complexity index is 586. The summed E-state index contributed by atoms with van der Waals surface area (Å²) in [6.07, 6.45) is 3.47. The van der Waals surface area contributed by atoms with Crippen LogP contribution in [0.3, 0.4) is 0 Å². The molecule has 5 heteroatoms. The minimum Gasteiger partial charge on any atom is -0.474 e. The predicted molar refractivity (Wildman–Crippen MR) is 85.4 cm³/mol. The molecule has 0 aliphatic heterocycles. The summed E-state index contributed by atoms with van der Waals surface area (Å²) in [6, 6.07) is 7.88. The minimum atomic E-state index is 0.0820. The Labute approximate surface area is 125 Å². The lowest BCUT2D eigenvalue weighted by Gasteiger charge is -2.22. The summed E-state index contributed by atoms with van der Waals surface area (Å²) >= 11 is 0. The van der Waals surface area contributed by atoms with Gasteiger partial charge in [0.15, 0.2) is 5.82 Å². The van der Waals surface area contributed by atoms with Crippen LogP contribution >= 0.6 is 0 Å². The zero-order valence-corrected chi connectivity index (χ0v) is 12.8. The molecule has 0 aliphatic rings. The molecular formula is C16H22N4O. The highest BCUT2D eigenvalue weighted by Crippen LogP contribution is 2.18. The molecule has 0 aliphatic carbocycles. The molecule has 0 saturated heterocycles. The lowest BCUT2D eigenvalue weighted by Crippen LogP contribution is -2.23. The third kappa shape index (κ3) is 4.34. The van der Waals surface area contributed by atoms with Crippen LogP contribution < -0.4 is 15.4 Å². The number of nitrogens with zero attached hydrogens (tertiary/aromatic N) is 3. The van der Waals surface area contributed by atoms with Crippen LogP contribution in [0.25, 0.3) is 0 Å². The van der Waals surface area contributed by atoms with Crippen molar-refractivity contribution < 1.29 is 4.74 Å². The molecule has 0 spiro atoms. The molecule has 1 aromatic carbocycles. The Morgan fingerprint density at radius 2 is 2.10 bits per heavy atom. The average molecular weight is 286 g/mol. The first-order chi connectivity index (χ1) is 10.1. The second-order valence-corrected chi connectivity index (χ2v) is 5.14. The molecule has 1 heterocycles. The highest BCUT2D eigenvalue weighted by atomic mass is 16.5. The molecular weight excluding hydrogens is 264 g/mol. The van der Waals surface area contributed by atoms with Crippen molar-refractivity contribution in [2.24, 2.45) is 0 Å². The summed E-state index contributed by atoms with van der Waals surface area (Å²) in [6.45, 7) is 7.59. The third-order valence-electron chi connectivity index (χ3n) is 2.99. The molecule has 0 unspecified atom stereocenters. The van der Waals surface area contributed by atoms with Gasteiger partial charge in [-0.3, -0.25) is 4.98 Å². The maximum Gasteiger partial charge on any atom is 0.234 e. The van der Waals surface area contributed by atoms with Crippen LogP contribution in [0.15, 0.2) is 36.7 Å². The van der Waals surface area contributed by atoms with Crippen LogP contribution in [0.1, 0.15) is 26.3 Å². The van der Waals surface area contributed by atoms with Gasteiger partial charge in [-0.2, -0.15) is 4.98 Å². The lowest BCUT2D eigenvalue weighted by atomic mass is 10.2. The number of nitrogens with two attached hydrogens (primary N) is 1. The largest absolute Gasteiger partial charge is 0.474 e. The molecule has 5 nitrogen and oxygen atoms in total. The fraction of sp³-hybridized carbons (Fsp3) is 0.375. The van der Waals surface area contributed by atoms with E-state index in [4.69, 9.17) is 10.5 Å². The average Bonchev–Trinajstić information content (AvgIpc) is 2.44. The predicted octanol–water partition coefficient (Wildman–Crippen LogP) is 2.87. The molecule has 1 aromatic heterocycles. The van der Waals surface area contributed by atoms with Gasteiger partial charge in [-0.25, -0.2) is 0 Å². The van der Waals surface area contributed by atoms with Crippen LogP contribution in [0, 0.1) is 0 Å². The summed E-state index contributed by atoms with van der Waals surface area (Å²) in [5.74, 6) is 1.35. The smallest absolute Gasteiger partial charge is 0.234 e. The first-order valence-electron chi connectivity index (χ1n) is 7.16. The highest BCUT2D eigenvalue weighted by Gasteiger charge is 2.09. The van der Waals surface area contributed by atoms with Gasteiger partial charge in [-0.15, -0.1) is 0 Å². The van der Waals surface area contributed by atoms with Gasteiger partial charge in [0.05, 0.1) is 18.5 Å². The van der Waals surface area contributed by atoms with E-state index < -0.39 is 0 Å². The van der Waals surface area contributed by atoms with Crippen molar-refractivity contribution in [2.45, 2.75) is 33.4 Å². The molecule has 0 bridgehead atoms. The summed E-state index contributed by atoms with van der Waals surface area (Å²) in [4.78, 5) is 10.9. The number of ether oxygens (including phenoxy) is 1. The zero-order chi connectivity index (χ0) is 15.2. The van der Waals surface area contributed by atoms with Gasteiger partial charge in [-0.05, 0) is 38.5 Å². The fourth-order valence-corrected chi connectivity index (χ4v) is 2.06. The normalized spacial score (nSPS) is 10.7. The number of nitrogen functional groups attached to an aromatic ring is 1. The second-order valence-electron chi connectivity index (χ2n) is 5.14. The minimum absolute atomic E-state index is 0.0820. The Hall–Kier alpha value is -2.30. The third-order valence-corrected chi connectivity index (χ3v) is 2.99. The lowest BCUT2D eigenvalue weighted by molar-refractivity contribution is 0.231. The maximum atomic E-state index is 5.83.